The van der Waals surface area contributed by atoms with Crippen LogP contribution in [0.3, 0.4) is 0 Å². The van der Waals surface area contributed by atoms with Gasteiger partial charge in [0, 0.05) is 0 Å². The van der Waals surface area contributed by atoms with E-state index in [1.54, 1.807) is 0 Å². The molecule has 0 atom stereocenters. The number of carbonyl (C=O) groups excluding carboxylic acids is 1. The minimum Gasteiger partial charge on any atom is -0.455 e. The van der Waals surface area contributed by atoms with E-state index < -0.39 is 0 Å². The monoisotopic (exact) mass is 188 g/mol. The standard InChI is InChI=1S/C9H16O2S/c10-9(11-7-12)8-5-3-1-2-4-6-8/h8,12H,1-7H2. The minimum absolute atomic E-state index is 0.0492. The molecule has 0 N–H and O–H groups in total. The first-order valence-electron chi connectivity index (χ1n) is 4.62. The van der Waals surface area contributed by atoms with E-state index in [0.717, 1.165) is 12.8 Å². The van der Waals surface area contributed by atoms with E-state index in [1.165, 1.54) is 25.7 Å². The lowest BCUT2D eigenvalue weighted by Crippen LogP contribution is -2.16. The van der Waals surface area contributed by atoms with Gasteiger partial charge < -0.3 is 4.74 Å². The summed E-state index contributed by atoms with van der Waals surface area (Å²) in [6.07, 6.45) is 6.90. The predicted octanol–water partition coefficient (Wildman–Crippen LogP) is 2.39. The van der Waals surface area contributed by atoms with Gasteiger partial charge in [-0.15, -0.1) is 12.6 Å². The number of rotatable bonds is 2. The van der Waals surface area contributed by atoms with Crippen LogP contribution < -0.4 is 0 Å². The first-order chi connectivity index (χ1) is 5.84. The van der Waals surface area contributed by atoms with Gasteiger partial charge in [-0.3, -0.25) is 4.79 Å². The van der Waals surface area contributed by atoms with Crippen LogP contribution in [0, 0.1) is 5.92 Å². The molecule has 0 aromatic heterocycles. The van der Waals surface area contributed by atoms with Crippen LogP contribution in [0.5, 0.6) is 0 Å². The molecule has 0 aromatic rings. The Bertz CT molecular complexity index is 139. The molecule has 12 heavy (non-hydrogen) atoms. The first kappa shape index (κ1) is 9.90. The number of carbonyl (C=O) groups is 1. The van der Waals surface area contributed by atoms with Gasteiger partial charge in [-0.2, -0.15) is 0 Å². The molecule has 70 valence electrons. The Morgan fingerprint density at radius 1 is 1.25 bits per heavy atom. The summed E-state index contributed by atoms with van der Waals surface area (Å²) in [6.45, 7) is 0. The molecule has 1 aliphatic rings. The van der Waals surface area contributed by atoms with Crippen molar-refractivity contribution in [3.05, 3.63) is 0 Å². The average Bonchev–Trinajstić information content (AvgIpc) is 2.32. The van der Waals surface area contributed by atoms with Crippen LogP contribution in [0.15, 0.2) is 0 Å². The van der Waals surface area contributed by atoms with Crippen LogP contribution in [-0.4, -0.2) is 11.9 Å². The summed E-state index contributed by atoms with van der Waals surface area (Å²) < 4.78 is 4.86. The second kappa shape index (κ2) is 5.46. The van der Waals surface area contributed by atoms with E-state index in [2.05, 4.69) is 12.6 Å². The molecule has 1 saturated carbocycles. The maximum Gasteiger partial charge on any atom is 0.309 e. The minimum atomic E-state index is -0.0492. The van der Waals surface area contributed by atoms with Crippen molar-refractivity contribution in [1.82, 2.24) is 0 Å². The van der Waals surface area contributed by atoms with Crippen LogP contribution in [0.25, 0.3) is 0 Å². The highest BCUT2D eigenvalue weighted by Gasteiger charge is 2.20. The van der Waals surface area contributed by atoms with Gasteiger partial charge >= 0.3 is 5.97 Å². The normalized spacial score (nSPS) is 20.1. The topological polar surface area (TPSA) is 26.3 Å². The number of thiol groups is 1. The summed E-state index contributed by atoms with van der Waals surface area (Å²) >= 11 is 3.86. The zero-order valence-electron chi connectivity index (χ0n) is 7.29. The molecule has 0 aliphatic heterocycles. The van der Waals surface area contributed by atoms with Crippen LogP contribution in [-0.2, 0) is 9.53 Å². The molecule has 0 radical (unpaired) electrons. The largest absolute Gasteiger partial charge is 0.455 e. The number of hydrogen-bond acceptors (Lipinski definition) is 3. The van der Waals surface area contributed by atoms with E-state index in [-0.39, 0.29) is 17.8 Å². The average molecular weight is 188 g/mol. The van der Waals surface area contributed by atoms with Crippen molar-refractivity contribution >= 4 is 18.6 Å². The summed E-state index contributed by atoms with van der Waals surface area (Å²) in [6, 6.07) is 0. The number of hydrogen-bond donors (Lipinski definition) is 1. The van der Waals surface area contributed by atoms with Crippen LogP contribution >= 0.6 is 12.6 Å². The number of esters is 1. The Kier molecular flexibility index (Phi) is 4.51. The van der Waals surface area contributed by atoms with Crippen molar-refractivity contribution < 1.29 is 9.53 Å². The molecule has 0 unspecified atom stereocenters. The van der Waals surface area contributed by atoms with Gasteiger partial charge in [0.05, 0.1) is 5.92 Å². The number of ether oxygens (including phenoxy) is 1. The van der Waals surface area contributed by atoms with E-state index in [0.29, 0.717) is 0 Å². The Hall–Kier alpha value is -0.180. The smallest absolute Gasteiger partial charge is 0.309 e. The van der Waals surface area contributed by atoms with Crippen molar-refractivity contribution in [1.29, 1.82) is 0 Å². The van der Waals surface area contributed by atoms with Crippen molar-refractivity contribution in [2.24, 2.45) is 5.92 Å². The van der Waals surface area contributed by atoms with E-state index in [1.807, 2.05) is 0 Å². The Labute approximate surface area is 79.1 Å². The molecule has 0 bridgehead atoms. The lowest BCUT2D eigenvalue weighted by molar-refractivity contribution is -0.146. The highest BCUT2D eigenvalue weighted by atomic mass is 32.1. The van der Waals surface area contributed by atoms with Crippen molar-refractivity contribution in [2.45, 2.75) is 38.5 Å². The molecular weight excluding hydrogens is 172 g/mol. The van der Waals surface area contributed by atoms with Crippen molar-refractivity contribution in [3.63, 3.8) is 0 Å². The van der Waals surface area contributed by atoms with Gasteiger partial charge in [0.15, 0.2) is 0 Å². The maximum atomic E-state index is 11.3. The summed E-state index contributed by atoms with van der Waals surface area (Å²) in [5.74, 6) is 0.321. The van der Waals surface area contributed by atoms with Crippen LogP contribution in [0.4, 0.5) is 0 Å². The second-order valence-electron chi connectivity index (χ2n) is 3.28. The molecule has 0 aromatic carbocycles. The fourth-order valence-electron chi connectivity index (χ4n) is 1.70. The molecule has 1 fully saturated rings. The summed E-state index contributed by atoms with van der Waals surface area (Å²) in [7, 11) is 0. The summed E-state index contributed by atoms with van der Waals surface area (Å²) in [5.41, 5.74) is 0. The lowest BCUT2D eigenvalue weighted by Gasteiger charge is -2.11. The lowest BCUT2D eigenvalue weighted by atomic mass is 10.0. The fraction of sp³-hybridized carbons (Fsp3) is 0.889. The summed E-state index contributed by atoms with van der Waals surface area (Å²) in [5, 5.41) is 0. The van der Waals surface area contributed by atoms with Gasteiger partial charge in [0.1, 0.15) is 5.94 Å². The van der Waals surface area contributed by atoms with Crippen LogP contribution in [0.2, 0.25) is 0 Å². The third-order valence-corrected chi connectivity index (χ3v) is 2.52. The highest BCUT2D eigenvalue weighted by Crippen LogP contribution is 2.23. The first-order valence-corrected chi connectivity index (χ1v) is 5.25. The van der Waals surface area contributed by atoms with Crippen LogP contribution in [0.1, 0.15) is 38.5 Å². The van der Waals surface area contributed by atoms with Gasteiger partial charge in [-0.25, -0.2) is 0 Å². The molecule has 1 aliphatic carbocycles. The Balaban J connectivity index is 2.32. The predicted molar refractivity (Wildman–Crippen MR) is 51.1 cm³/mol. The zero-order chi connectivity index (χ0) is 8.81. The van der Waals surface area contributed by atoms with E-state index in [4.69, 9.17) is 4.74 Å². The van der Waals surface area contributed by atoms with Crippen molar-refractivity contribution in [2.75, 3.05) is 5.94 Å². The van der Waals surface area contributed by atoms with Gasteiger partial charge in [0.25, 0.3) is 0 Å². The molecule has 0 heterocycles. The quantitative estimate of drug-likeness (QED) is 0.312. The highest BCUT2D eigenvalue weighted by molar-refractivity contribution is 7.80. The molecule has 0 spiro atoms. The third kappa shape index (κ3) is 3.05. The summed E-state index contributed by atoms with van der Waals surface area (Å²) in [4.78, 5) is 11.3. The van der Waals surface area contributed by atoms with Crippen molar-refractivity contribution in [3.8, 4) is 0 Å². The second-order valence-corrected chi connectivity index (χ2v) is 3.54. The molecular formula is C9H16O2S. The maximum absolute atomic E-state index is 11.3. The van der Waals surface area contributed by atoms with Gasteiger partial charge in [-0.1, -0.05) is 25.7 Å². The molecule has 1 rings (SSSR count). The van der Waals surface area contributed by atoms with E-state index in [9.17, 15) is 4.79 Å². The Morgan fingerprint density at radius 2 is 1.83 bits per heavy atom. The van der Waals surface area contributed by atoms with E-state index >= 15 is 0 Å². The molecule has 0 amide bonds. The molecule has 0 saturated heterocycles. The van der Waals surface area contributed by atoms with Gasteiger partial charge in [-0.05, 0) is 12.8 Å². The zero-order valence-corrected chi connectivity index (χ0v) is 8.19. The SMILES string of the molecule is O=C(OCS)C1CCCCCC1. The van der Waals surface area contributed by atoms with Gasteiger partial charge in [0.2, 0.25) is 0 Å². The third-order valence-electron chi connectivity index (χ3n) is 2.40. The molecule has 2 nitrogen and oxygen atoms in total. The Morgan fingerprint density at radius 3 is 2.33 bits per heavy atom. The fourth-order valence-corrected chi connectivity index (χ4v) is 1.82. The molecule has 3 heteroatoms.